The third-order valence-electron chi connectivity index (χ3n) is 6.31. The monoisotopic (exact) mass is 689 g/mol. The summed E-state index contributed by atoms with van der Waals surface area (Å²) >= 11 is 0. The number of hydrogen-bond acceptors (Lipinski definition) is 11. The van der Waals surface area contributed by atoms with Gasteiger partial charge in [-0.05, 0) is 19.3 Å². The maximum atomic E-state index is 12.1. The van der Waals surface area contributed by atoms with Crippen molar-refractivity contribution < 1.29 is 47.7 Å². The Morgan fingerprint density at radius 2 is 0.729 bits per heavy atom. The van der Waals surface area contributed by atoms with E-state index >= 15 is 0 Å². The lowest BCUT2D eigenvalue weighted by atomic mass is 10.1. The van der Waals surface area contributed by atoms with Crippen molar-refractivity contribution in [1.29, 1.82) is 0 Å². The van der Waals surface area contributed by atoms with Crippen molar-refractivity contribution >= 4 is 35.4 Å². The molecule has 0 heterocycles. The Balaban J connectivity index is 3.60. The number of nitrogens with one attached hydrogen (secondary N) is 6. The molecule has 8 N–H and O–H groups in total. The molecule has 0 aromatic rings. The van der Waals surface area contributed by atoms with Crippen LogP contribution in [0.5, 0.6) is 0 Å². The first-order valence-electron chi connectivity index (χ1n) is 16.9. The van der Waals surface area contributed by atoms with E-state index in [1.165, 1.54) is 0 Å². The summed E-state index contributed by atoms with van der Waals surface area (Å²) in [5.74, 6) is -1.04. The van der Waals surface area contributed by atoms with Crippen LogP contribution in [0, 0.1) is 0 Å². The number of hydrogen-bond donors (Lipinski definition) is 7. The molecule has 0 aliphatic rings. The highest BCUT2D eigenvalue weighted by molar-refractivity contribution is 5.83. The van der Waals surface area contributed by atoms with E-state index in [0.717, 1.165) is 12.8 Å². The highest BCUT2D eigenvalue weighted by Crippen LogP contribution is 1.95. The van der Waals surface area contributed by atoms with Crippen LogP contribution >= 0.6 is 0 Å². The van der Waals surface area contributed by atoms with Gasteiger partial charge in [-0.15, -0.1) is 0 Å². The number of ether oxygens (including phenoxy) is 4. The summed E-state index contributed by atoms with van der Waals surface area (Å²) in [7, 11) is 0. The van der Waals surface area contributed by atoms with Gasteiger partial charge >= 0.3 is 0 Å². The number of nitrogens with two attached hydrogens (primary N) is 1. The van der Waals surface area contributed by atoms with Crippen LogP contribution in [0.1, 0.15) is 65.2 Å². The van der Waals surface area contributed by atoms with Gasteiger partial charge in [0.25, 0.3) is 0 Å². The minimum Gasteiger partial charge on any atom is -0.379 e. The molecule has 0 saturated carbocycles. The van der Waals surface area contributed by atoms with E-state index in [-0.39, 0.29) is 94.7 Å². The highest BCUT2D eigenvalue weighted by Gasteiger charge is 2.14. The maximum Gasteiger partial charge on any atom is 0.237 e. The third-order valence-corrected chi connectivity index (χ3v) is 6.31. The Kier molecular flexibility index (Phi) is 29.9. The molecule has 17 nitrogen and oxygen atoms in total. The van der Waals surface area contributed by atoms with Crippen LogP contribution in [0.3, 0.4) is 0 Å². The first-order chi connectivity index (χ1) is 23.2. The van der Waals surface area contributed by atoms with Crippen molar-refractivity contribution in [2.45, 2.75) is 71.3 Å². The van der Waals surface area contributed by atoms with Crippen molar-refractivity contribution in [1.82, 2.24) is 31.9 Å². The molecule has 0 aliphatic carbocycles. The van der Waals surface area contributed by atoms with Gasteiger partial charge in [0, 0.05) is 71.4 Å². The molecule has 0 bridgehead atoms. The van der Waals surface area contributed by atoms with Gasteiger partial charge in [0.05, 0.1) is 58.9 Å². The van der Waals surface area contributed by atoms with Crippen molar-refractivity contribution in [3.05, 3.63) is 0 Å². The van der Waals surface area contributed by atoms with Crippen LogP contribution in [-0.2, 0) is 47.7 Å². The number of amides is 6. The average Bonchev–Trinajstić information content (AvgIpc) is 3.05. The molecule has 0 aromatic heterocycles. The number of rotatable bonds is 32. The SMILES string of the molecule is CCCC(=O)NCCOCCNC(=O)CCOCCNC(=O)CC[C@H](N)C(=O)NCCOCCC(=O)NCCOCCNC(=O)CCC. The fraction of sp³-hybridized carbons (Fsp3) is 0.806. The number of carbonyl (C=O) groups excluding carboxylic acids is 6. The third kappa shape index (κ3) is 30.0. The summed E-state index contributed by atoms with van der Waals surface area (Å²) in [6, 6.07) is -0.858. The lowest BCUT2D eigenvalue weighted by molar-refractivity contribution is -0.125. The van der Waals surface area contributed by atoms with Crippen LogP contribution < -0.4 is 37.6 Å². The zero-order chi connectivity index (χ0) is 35.7. The summed E-state index contributed by atoms with van der Waals surface area (Å²) in [5.41, 5.74) is 5.86. The van der Waals surface area contributed by atoms with Crippen LogP contribution in [0.15, 0.2) is 0 Å². The van der Waals surface area contributed by atoms with Gasteiger partial charge in [-0.2, -0.15) is 0 Å². The summed E-state index contributed by atoms with van der Waals surface area (Å²) in [6.07, 6.45) is 3.14. The Morgan fingerprint density at radius 3 is 1.08 bits per heavy atom. The molecule has 17 heteroatoms. The van der Waals surface area contributed by atoms with E-state index in [2.05, 4.69) is 31.9 Å². The van der Waals surface area contributed by atoms with E-state index in [0.29, 0.717) is 65.4 Å². The molecular weight excluding hydrogens is 630 g/mol. The van der Waals surface area contributed by atoms with Gasteiger partial charge in [-0.3, -0.25) is 28.8 Å². The fourth-order valence-corrected chi connectivity index (χ4v) is 3.74. The van der Waals surface area contributed by atoms with Crippen LogP contribution in [0.2, 0.25) is 0 Å². The first kappa shape index (κ1) is 44.6. The normalized spacial score (nSPS) is 11.3. The van der Waals surface area contributed by atoms with Crippen molar-refractivity contribution in [3.63, 3.8) is 0 Å². The van der Waals surface area contributed by atoms with E-state index in [1.54, 1.807) is 0 Å². The van der Waals surface area contributed by atoms with Crippen molar-refractivity contribution in [2.24, 2.45) is 5.73 Å². The summed E-state index contributed by atoms with van der Waals surface area (Å²) in [5, 5.41) is 16.2. The minimum atomic E-state index is -0.858. The van der Waals surface area contributed by atoms with Gasteiger partial charge in [0.2, 0.25) is 35.4 Å². The molecule has 0 rings (SSSR count). The molecule has 0 fully saturated rings. The second-order valence-electron chi connectivity index (χ2n) is 10.6. The zero-order valence-electron chi connectivity index (χ0n) is 28.8. The topological polar surface area (TPSA) is 238 Å². The smallest absolute Gasteiger partial charge is 0.237 e. The van der Waals surface area contributed by atoms with E-state index in [1.807, 2.05) is 13.8 Å². The van der Waals surface area contributed by atoms with Crippen molar-refractivity contribution in [3.8, 4) is 0 Å². The Labute approximate surface area is 284 Å². The molecule has 1 atom stereocenters. The van der Waals surface area contributed by atoms with Gasteiger partial charge in [0.1, 0.15) is 0 Å². The molecule has 48 heavy (non-hydrogen) atoms. The summed E-state index contributed by atoms with van der Waals surface area (Å²) in [4.78, 5) is 70.4. The van der Waals surface area contributed by atoms with Crippen LogP contribution in [-0.4, -0.2) is 134 Å². The molecule has 0 radical (unpaired) electrons. The maximum absolute atomic E-state index is 12.1. The van der Waals surface area contributed by atoms with Crippen LogP contribution in [0.25, 0.3) is 0 Å². The second-order valence-corrected chi connectivity index (χ2v) is 10.6. The molecular formula is C31H59N7O10. The molecule has 0 aliphatic heterocycles. The molecule has 0 aromatic carbocycles. The lowest BCUT2D eigenvalue weighted by Crippen LogP contribution is -2.42. The Morgan fingerprint density at radius 1 is 0.438 bits per heavy atom. The van der Waals surface area contributed by atoms with Gasteiger partial charge < -0.3 is 56.6 Å². The van der Waals surface area contributed by atoms with Gasteiger partial charge in [-0.25, -0.2) is 0 Å². The first-order valence-corrected chi connectivity index (χ1v) is 16.9. The van der Waals surface area contributed by atoms with E-state index in [9.17, 15) is 28.8 Å². The van der Waals surface area contributed by atoms with Crippen molar-refractivity contribution in [2.75, 3.05) is 92.1 Å². The standard InChI is InChI=1S/C31H59N7O10/c1-3-5-26(39)33-12-20-47-22-14-36-29(42)9-17-45-19-11-35-28(41)8-7-25(32)31(44)38-16-24-46-18-10-30(43)37-15-23-48-21-13-34-27(40)6-4-2/h25H,3-24,32H2,1-2H3,(H,33,39)(H,34,40)(H,35,41)(H,36,42)(H,37,43)(H,38,44)/t25-/m0/s1. The van der Waals surface area contributed by atoms with Gasteiger partial charge in [-0.1, -0.05) is 13.8 Å². The molecule has 278 valence electrons. The Hall–Kier alpha value is -3.38. The molecule has 0 saturated heterocycles. The molecule has 6 amide bonds. The van der Waals surface area contributed by atoms with E-state index < -0.39 is 11.9 Å². The van der Waals surface area contributed by atoms with E-state index in [4.69, 9.17) is 24.7 Å². The largest absolute Gasteiger partial charge is 0.379 e. The Bertz CT molecular complexity index is 911. The summed E-state index contributed by atoms with van der Waals surface area (Å²) in [6.45, 7) is 8.17. The molecule has 0 spiro atoms. The van der Waals surface area contributed by atoms with Gasteiger partial charge in [0.15, 0.2) is 0 Å². The zero-order valence-corrected chi connectivity index (χ0v) is 28.8. The fourth-order valence-electron chi connectivity index (χ4n) is 3.74. The van der Waals surface area contributed by atoms with Crippen LogP contribution in [0.4, 0.5) is 0 Å². The highest BCUT2D eigenvalue weighted by atomic mass is 16.5. The average molecular weight is 690 g/mol. The summed E-state index contributed by atoms with van der Waals surface area (Å²) < 4.78 is 21.4. The lowest BCUT2D eigenvalue weighted by Gasteiger charge is -2.12. The predicted octanol–water partition coefficient (Wildman–Crippen LogP) is -1.76. The molecule has 0 unspecified atom stereocenters. The minimum absolute atomic E-state index is 0.00208. The number of carbonyl (C=O) groups is 6. The quantitative estimate of drug-likeness (QED) is 0.0391. The predicted molar refractivity (Wildman–Crippen MR) is 178 cm³/mol. The second kappa shape index (κ2) is 32.2.